The minimum Gasteiger partial charge on any atom is -0.382 e. The first kappa shape index (κ1) is 13.8. The van der Waals surface area contributed by atoms with Gasteiger partial charge in [-0.25, -0.2) is 0 Å². The molecule has 0 saturated carbocycles. The Morgan fingerprint density at radius 3 is 2.32 bits per heavy atom. The van der Waals surface area contributed by atoms with E-state index in [1.807, 2.05) is 55.8 Å². The molecular formula is C15H21N3O. The molecule has 0 aliphatic heterocycles. The normalized spacial score (nSPS) is 14.4. The first-order valence-electron chi connectivity index (χ1n) is 6.46. The SMILES string of the molecule is Cc1nn(CC(O)(CN)c2ccccc2)c(C)c1C. The summed E-state index contributed by atoms with van der Waals surface area (Å²) in [6.45, 7) is 6.56. The molecule has 0 saturated heterocycles. The third kappa shape index (κ3) is 2.55. The van der Waals surface area contributed by atoms with Crippen molar-refractivity contribution in [3.8, 4) is 0 Å². The number of nitrogens with two attached hydrogens (primary N) is 1. The number of hydrogen-bond acceptors (Lipinski definition) is 3. The van der Waals surface area contributed by atoms with E-state index in [9.17, 15) is 5.11 Å². The topological polar surface area (TPSA) is 64.1 Å². The van der Waals surface area contributed by atoms with Crippen molar-refractivity contribution in [1.82, 2.24) is 9.78 Å². The van der Waals surface area contributed by atoms with Crippen molar-refractivity contribution in [3.63, 3.8) is 0 Å². The maximum atomic E-state index is 10.8. The fraction of sp³-hybridized carbons (Fsp3) is 0.400. The van der Waals surface area contributed by atoms with E-state index in [1.54, 1.807) is 0 Å². The summed E-state index contributed by atoms with van der Waals surface area (Å²) in [6, 6.07) is 9.52. The van der Waals surface area contributed by atoms with Gasteiger partial charge in [0.2, 0.25) is 0 Å². The van der Waals surface area contributed by atoms with E-state index in [1.165, 1.54) is 0 Å². The molecule has 1 aromatic heterocycles. The van der Waals surface area contributed by atoms with Crippen LogP contribution in [0.5, 0.6) is 0 Å². The molecule has 0 fully saturated rings. The monoisotopic (exact) mass is 259 g/mol. The lowest BCUT2D eigenvalue weighted by Gasteiger charge is -2.27. The summed E-state index contributed by atoms with van der Waals surface area (Å²) >= 11 is 0. The van der Waals surface area contributed by atoms with Crippen LogP contribution in [0.15, 0.2) is 30.3 Å². The molecule has 2 rings (SSSR count). The first-order valence-corrected chi connectivity index (χ1v) is 6.46. The van der Waals surface area contributed by atoms with Gasteiger partial charge in [-0.1, -0.05) is 30.3 Å². The molecule has 2 aromatic rings. The first-order chi connectivity index (χ1) is 8.98. The third-order valence-corrected chi connectivity index (χ3v) is 3.80. The van der Waals surface area contributed by atoms with E-state index in [0.29, 0.717) is 6.54 Å². The summed E-state index contributed by atoms with van der Waals surface area (Å²) in [6.07, 6.45) is 0. The van der Waals surface area contributed by atoms with E-state index in [-0.39, 0.29) is 6.54 Å². The van der Waals surface area contributed by atoms with E-state index < -0.39 is 5.60 Å². The Kier molecular flexibility index (Phi) is 3.73. The highest BCUT2D eigenvalue weighted by atomic mass is 16.3. The van der Waals surface area contributed by atoms with Crippen molar-refractivity contribution in [2.45, 2.75) is 32.9 Å². The Hall–Kier alpha value is -1.65. The van der Waals surface area contributed by atoms with Crippen molar-refractivity contribution in [2.75, 3.05) is 6.54 Å². The highest BCUT2D eigenvalue weighted by molar-refractivity contribution is 5.25. The van der Waals surface area contributed by atoms with E-state index in [4.69, 9.17) is 5.73 Å². The Morgan fingerprint density at radius 2 is 1.84 bits per heavy atom. The molecule has 19 heavy (non-hydrogen) atoms. The molecule has 4 heteroatoms. The molecule has 1 atom stereocenters. The summed E-state index contributed by atoms with van der Waals surface area (Å²) in [5, 5.41) is 15.3. The van der Waals surface area contributed by atoms with Crippen molar-refractivity contribution in [3.05, 3.63) is 52.8 Å². The van der Waals surface area contributed by atoms with E-state index in [0.717, 1.165) is 22.5 Å². The third-order valence-electron chi connectivity index (χ3n) is 3.80. The lowest BCUT2D eigenvalue weighted by Crippen LogP contribution is -2.39. The van der Waals surface area contributed by atoms with Gasteiger partial charge in [-0.05, 0) is 31.9 Å². The predicted octanol–water partition coefficient (Wildman–Crippen LogP) is 1.65. The number of aryl methyl sites for hydroxylation is 1. The van der Waals surface area contributed by atoms with Crippen LogP contribution >= 0.6 is 0 Å². The maximum Gasteiger partial charge on any atom is 0.121 e. The molecular weight excluding hydrogens is 238 g/mol. The van der Waals surface area contributed by atoms with E-state index >= 15 is 0 Å². The van der Waals surface area contributed by atoms with Crippen LogP contribution in [0.25, 0.3) is 0 Å². The Bertz CT molecular complexity index is 562. The van der Waals surface area contributed by atoms with Gasteiger partial charge in [0.05, 0.1) is 12.2 Å². The van der Waals surface area contributed by atoms with Gasteiger partial charge >= 0.3 is 0 Å². The van der Waals surface area contributed by atoms with Gasteiger partial charge in [0.25, 0.3) is 0 Å². The number of benzene rings is 1. The second-order valence-electron chi connectivity index (χ2n) is 5.06. The highest BCUT2D eigenvalue weighted by Crippen LogP contribution is 2.23. The van der Waals surface area contributed by atoms with Crippen LogP contribution in [0.1, 0.15) is 22.5 Å². The molecule has 0 bridgehead atoms. The van der Waals surface area contributed by atoms with Crippen LogP contribution in [0, 0.1) is 20.8 Å². The smallest absolute Gasteiger partial charge is 0.121 e. The van der Waals surface area contributed by atoms with Crippen molar-refractivity contribution in [2.24, 2.45) is 5.73 Å². The molecule has 1 unspecified atom stereocenters. The summed E-state index contributed by atoms with van der Waals surface area (Å²) in [4.78, 5) is 0. The van der Waals surface area contributed by atoms with Crippen molar-refractivity contribution < 1.29 is 5.11 Å². The summed E-state index contributed by atoms with van der Waals surface area (Å²) in [5.74, 6) is 0. The second kappa shape index (κ2) is 5.15. The molecule has 0 amide bonds. The Labute approximate surface area is 113 Å². The van der Waals surface area contributed by atoms with Crippen molar-refractivity contribution >= 4 is 0 Å². The van der Waals surface area contributed by atoms with Gasteiger partial charge in [0.15, 0.2) is 0 Å². The van der Waals surface area contributed by atoms with Crippen LogP contribution in [-0.4, -0.2) is 21.4 Å². The summed E-state index contributed by atoms with van der Waals surface area (Å²) in [5.41, 5.74) is 8.75. The largest absolute Gasteiger partial charge is 0.382 e. The minimum atomic E-state index is -1.09. The van der Waals surface area contributed by atoms with Crippen LogP contribution in [0.4, 0.5) is 0 Å². The molecule has 0 radical (unpaired) electrons. The molecule has 4 nitrogen and oxygen atoms in total. The molecule has 0 spiro atoms. The standard InChI is InChI=1S/C15H21N3O/c1-11-12(2)17-18(13(11)3)10-15(19,9-16)14-7-5-4-6-8-14/h4-8,19H,9-10,16H2,1-3H3. The quantitative estimate of drug-likeness (QED) is 0.877. The second-order valence-corrected chi connectivity index (χ2v) is 5.06. The van der Waals surface area contributed by atoms with Gasteiger partial charge in [-0.3, -0.25) is 4.68 Å². The lowest BCUT2D eigenvalue weighted by molar-refractivity contribution is 0.0233. The predicted molar refractivity (Wildman–Crippen MR) is 75.8 cm³/mol. The van der Waals surface area contributed by atoms with Gasteiger partial charge < -0.3 is 10.8 Å². The minimum absolute atomic E-state index is 0.161. The number of nitrogens with zero attached hydrogens (tertiary/aromatic N) is 2. The fourth-order valence-corrected chi connectivity index (χ4v) is 2.21. The van der Waals surface area contributed by atoms with E-state index in [2.05, 4.69) is 5.10 Å². The average molecular weight is 259 g/mol. The average Bonchev–Trinajstić information content (AvgIpc) is 2.67. The fourth-order valence-electron chi connectivity index (χ4n) is 2.21. The summed E-state index contributed by atoms with van der Waals surface area (Å²) in [7, 11) is 0. The number of aliphatic hydroxyl groups is 1. The zero-order valence-electron chi connectivity index (χ0n) is 11.7. The molecule has 3 N–H and O–H groups in total. The number of rotatable bonds is 4. The molecule has 1 heterocycles. The zero-order valence-corrected chi connectivity index (χ0v) is 11.7. The van der Waals surface area contributed by atoms with Crippen LogP contribution in [0.3, 0.4) is 0 Å². The van der Waals surface area contributed by atoms with Gasteiger partial charge in [0, 0.05) is 12.2 Å². The summed E-state index contributed by atoms with van der Waals surface area (Å²) < 4.78 is 1.84. The molecule has 1 aromatic carbocycles. The van der Waals surface area contributed by atoms with Gasteiger partial charge in [-0.15, -0.1) is 0 Å². The Morgan fingerprint density at radius 1 is 1.21 bits per heavy atom. The molecule has 0 aliphatic rings. The molecule has 0 aliphatic carbocycles. The van der Waals surface area contributed by atoms with Crippen LogP contribution < -0.4 is 5.73 Å². The number of hydrogen-bond donors (Lipinski definition) is 2. The van der Waals surface area contributed by atoms with Crippen molar-refractivity contribution in [1.29, 1.82) is 0 Å². The number of aromatic nitrogens is 2. The maximum absolute atomic E-state index is 10.8. The molecule has 102 valence electrons. The van der Waals surface area contributed by atoms with Crippen LogP contribution in [-0.2, 0) is 12.1 Å². The lowest BCUT2D eigenvalue weighted by atomic mass is 9.94. The van der Waals surface area contributed by atoms with Gasteiger partial charge in [-0.2, -0.15) is 5.10 Å². The highest BCUT2D eigenvalue weighted by Gasteiger charge is 2.29. The Balaban J connectivity index is 2.36. The zero-order chi connectivity index (χ0) is 14.0. The van der Waals surface area contributed by atoms with Crippen LogP contribution in [0.2, 0.25) is 0 Å². The van der Waals surface area contributed by atoms with Gasteiger partial charge in [0.1, 0.15) is 5.60 Å².